The quantitative estimate of drug-likeness (QED) is 0.374. The first-order chi connectivity index (χ1) is 8.00. The molecule has 0 amide bonds. The van der Waals surface area contributed by atoms with Crippen LogP contribution >= 0.6 is 77.4 Å². The fourth-order valence-electron chi connectivity index (χ4n) is 1.27. The van der Waals surface area contributed by atoms with Gasteiger partial charge in [-0.05, 0) is 72.6 Å². The lowest BCUT2D eigenvalue weighted by atomic mass is 10.1. The average molecular weight is 506 g/mol. The van der Waals surface area contributed by atoms with E-state index in [1.807, 2.05) is 11.4 Å². The Bertz CT molecular complexity index is 597. The van der Waals surface area contributed by atoms with E-state index in [2.05, 4.69) is 54.5 Å². The topological polar surface area (TPSA) is 17.1 Å². The van der Waals surface area contributed by atoms with E-state index in [-0.39, 0.29) is 5.78 Å². The van der Waals surface area contributed by atoms with E-state index < -0.39 is 0 Å². The second-order valence-corrected chi connectivity index (χ2v) is 7.31. The number of hydrogen-bond acceptors (Lipinski definition) is 2. The van der Waals surface area contributed by atoms with Crippen LogP contribution in [0.2, 0.25) is 5.02 Å². The van der Waals surface area contributed by atoms with Gasteiger partial charge in [0.2, 0.25) is 5.78 Å². The standard InChI is InChI=1S/C11H4Br2ClIOS/c12-7-4-17-11(9(7)13)10(16)6-3-5(14)1-2-8(6)15/h1-4H. The van der Waals surface area contributed by atoms with Gasteiger partial charge in [0.25, 0.3) is 0 Å². The zero-order chi connectivity index (χ0) is 12.6. The Morgan fingerprint density at radius 2 is 2.06 bits per heavy atom. The molecule has 0 saturated carbocycles. The third kappa shape index (κ3) is 2.94. The highest BCUT2D eigenvalue weighted by Crippen LogP contribution is 2.35. The van der Waals surface area contributed by atoms with Crippen molar-refractivity contribution in [3.8, 4) is 0 Å². The molecule has 0 aliphatic carbocycles. The summed E-state index contributed by atoms with van der Waals surface area (Å²) < 4.78 is 2.58. The smallest absolute Gasteiger partial charge is 0.205 e. The molecule has 0 unspecified atom stereocenters. The number of thiophene rings is 1. The molecule has 0 radical (unpaired) electrons. The summed E-state index contributed by atoms with van der Waals surface area (Å²) in [6.07, 6.45) is 0. The number of benzene rings is 1. The molecular formula is C11H4Br2ClIOS. The van der Waals surface area contributed by atoms with Crippen LogP contribution in [0.15, 0.2) is 32.5 Å². The lowest BCUT2D eigenvalue weighted by Gasteiger charge is -2.03. The van der Waals surface area contributed by atoms with Crippen LogP contribution in [0.25, 0.3) is 0 Å². The van der Waals surface area contributed by atoms with E-state index in [0.29, 0.717) is 15.5 Å². The van der Waals surface area contributed by atoms with Crippen LogP contribution in [0, 0.1) is 3.57 Å². The summed E-state index contributed by atoms with van der Waals surface area (Å²) in [5, 5.41) is 2.45. The SMILES string of the molecule is O=C(c1cc(Cl)ccc1I)c1scc(Br)c1Br. The minimum atomic E-state index is -0.0144. The summed E-state index contributed by atoms with van der Waals surface area (Å²) in [5.74, 6) is -0.0144. The molecule has 0 N–H and O–H groups in total. The van der Waals surface area contributed by atoms with Crippen molar-refractivity contribution in [2.45, 2.75) is 0 Å². The maximum atomic E-state index is 12.3. The van der Waals surface area contributed by atoms with Gasteiger partial charge >= 0.3 is 0 Å². The first-order valence-corrected chi connectivity index (χ1v) is 8.35. The van der Waals surface area contributed by atoms with Gasteiger partial charge in [0.1, 0.15) is 0 Å². The summed E-state index contributed by atoms with van der Waals surface area (Å²) in [5.41, 5.74) is 0.633. The molecule has 17 heavy (non-hydrogen) atoms. The Morgan fingerprint density at radius 1 is 1.35 bits per heavy atom. The van der Waals surface area contributed by atoms with Crippen molar-refractivity contribution in [3.63, 3.8) is 0 Å². The zero-order valence-corrected chi connectivity index (χ0v) is 15.0. The molecule has 88 valence electrons. The van der Waals surface area contributed by atoms with Gasteiger partial charge in [0, 0.05) is 24.0 Å². The maximum absolute atomic E-state index is 12.3. The van der Waals surface area contributed by atoms with E-state index in [1.54, 1.807) is 12.1 Å². The molecule has 0 fully saturated rings. The van der Waals surface area contributed by atoms with Gasteiger partial charge in [-0.2, -0.15) is 0 Å². The van der Waals surface area contributed by atoms with Crippen LogP contribution in [0.3, 0.4) is 0 Å². The predicted octanol–water partition coefficient (Wildman–Crippen LogP) is 5.76. The van der Waals surface area contributed by atoms with E-state index in [0.717, 1.165) is 12.5 Å². The molecule has 0 bridgehead atoms. The molecule has 0 atom stereocenters. The fourth-order valence-corrected chi connectivity index (χ4v) is 4.13. The Labute approximate surface area is 138 Å². The van der Waals surface area contributed by atoms with Crippen molar-refractivity contribution in [2.24, 2.45) is 0 Å². The number of rotatable bonds is 2. The zero-order valence-electron chi connectivity index (χ0n) is 8.14. The molecule has 0 aliphatic heterocycles. The molecule has 1 aromatic heterocycles. The highest BCUT2D eigenvalue weighted by molar-refractivity contribution is 14.1. The summed E-state index contributed by atoms with van der Waals surface area (Å²) in [6, 6.07) is 5.32. The van der Waals surface area contributed by atoms with Gasteiger partial charge in [-0.15, -0.1) is 11.3 Å². The summed E-state index contributed by atoms with van der Waals surface area (Å²) in [4.78, 5) is 13.0. The number of carbonyl (C=O) groups is 1. The first kappa shape index (κ1) is 14.0. The summed E-state index contributed by atoms with van der Waals surface area (Å²) in [6.45, 7) is 0. The third-order valence-corrected chi connectivity index (χ3v) is 6.77. The van der Waals surface area contributed by atoms with E-state index in [9.17, 15) is 4.79 Å². The second-order valence-electron chi connectivity index (χ2n) is 3.18. The highest BCUT2D eigenvalue weighted by Gasteiger charge is 2.19. The largest absolute Gasteiger partial charge is 0.288 e. The lowest BCUT2D eigenvalue weighted by Crippen LogP contribution is -2.02. The van der Waals surface area contributed by atoms with Crippen LogP contribution < -0.4 is 0 Å². The minimum Gasteiger partial charge on any atom is -0.288 e. The maximum Gasteiger partial charge on any atom is 0.205 e. The van der Waals surface area contributed by atoms with Gasteiger partial charge in [-0.1, -0.05) is 11.6 Å². The van der Waals surface area contributed by atoms with Crippen LogP contribution in [-0.4, -0.2) is 5.78 Å². The molecular weight excluding hydrogens is 502 g/mol. The van der Waals surface area contributed by atoms with Crippen molar-refractivity contribution < 1.29 is 4.79 Å². The van der Waals surface area contributed by atoms with Crippen LogP contribution in [0.5, 0.6) is 0 Å². The second kappa shape index (κ2) is 5.69. The van der Waals surface area contributed by atoms with Crippen molar-refractivity contribution >= 4 is 83.2 Å². The molecule has 1 heterocycles. The van der Waals surface area contributed by atoms with E-state index >= 15 is 0 Å². The first-order valence-electron chi connectivity index (χ1n) is 4.43. The molecule has 1 nitrogen and oxygen atoms in total. The Kier molecular flexibility index (Phi) is 4.68. The normalized spacial score (nSPS) is 10.6. The average Bonchev–Trinajstić information content (AvgIpc) is 2.62. The van der Waals surface area contributed by atoms with Gasteiger partial charge in [0.05, 0.1) is 9.35 Å². The molecule has 0 spiro atoms. The minimum absolute atomic E-state index is 0.0144. The third-order valence-electron chi connectivity index (χ3n) is 2.07. The summed E-state index contributed by atoms with van der Waals surface area (Å²) >= 11 is 16.2. The van der Waals surface area contributed by atoms with Crippen molar-refractivity contribution in [2.75, 3.05) is 0 Å². The van der Waals surface area contributed by atoms with Crippen LogP contribution in [0.1, 0.15) is 15.2 Å². The molecule has 0 saturated heterocycles. The molecule has 2 rings (SSSR count). The molecule has 1 aromatic carbocycles. The van der Waals surface area contributed by atoms with Crippen LogP contribution in [0.4, 0.5) is 0 Å². The number of hydrogen-bond donors (Lipinski definition) is 0. The number of carbonyl (C=O) groups excluding carboxylic acids is 1. The fraction of sp³-hybridized carbons (Fsp3) is 0. The predicted molar refractivity (Wildman–Crippen MR) is 87.3 cm³/mol. The lowest BCUT2D eigenvalue weighted by molar-refractivity contribution is 0.104. The van der Waals surface area contributed by atoms with Crippen molar-refractivity contribution in [1.29, 1.82) is 0 Å². The van der Waals surface area contributed by atoms with Crippen molar-refractivity contribution in [1.82, 2.24) is 0 Å². The number of ketones is 1. The monoisotopic (exact) mass is 504 g/mol. The van der Waals surface area contributed by atoms with E-state index in [1.165, 1.54) is 11.3 Å². The van der Waals surface area contributed by atoms with Gasteiger partial charge in [-0.25, -0.2) is 0 Å². The summed E-state index contributed by atoms with van der Waals surface area (Å²) in [7, 11) is 0. The Balaban J connectivity index is 2.51. The van der Waals surface area contributed by atoms with Gasteiger partial charge in [0.15, 0.2) is 0 Å². The van der Waals surface area contributed by atoms with Crippen molar-refractivity contribution in [3.05, 3.63) is 51.6 Å². The number of halogens is 4. The molecule has 6 heteroatoms. The molecule has 2 aromatic rings. The Hall–Kier alpha value is 0.570. The Morgan fingerprint density at radius 3 is 2.65 bits per heavy atom. The highest BCUT2D eigenvalue weighted by atomic mass is 127. The van der Waals surface area contributed by atoms with Gasteiger partial charge in [-0.3, -0.25) is 4.79 Å². The van der Waals surface area contributed by atoms with Gasteiger partial charge < -0.3 is 0 Å². The van der Waals surface area contributed by atoms with E-state index in [4.69, 9.17) is 11.6 Å². The van der Waals surface area contributed by atoms with Crippen LogP contribution in [-0.2, 0) is 0 Å². The molecule has 0 aliphatic rings.